The van der Waals surface area contributed by atoms with E-state index >= 15 is 0 Å². The summed E-state index contributed by atoms with van der Waals surface area (Å²) in [7, 11) is -3.23. The maximum atomic E-state index is 11.5. The number of hydrogen-bond acceptors (Lipinski definition) is 4. The molecule has 0 saturated carbocycles. The Morgan fingerprint density at radius 2 is 2.24 bits per heavy atom. The fourth-order valence-corrected chi connectivity index (χ4v) is 2.40. The van der Waals surface area contributed by atoms with Gasteiger partial charge >= 0.3 is 0 Å². The molecule has 1 rings (SSSR count). The van der Waals surface area contributed by atoms with Crippen LogP contribution < -0.4 is 5.32 Å². The molecule has 0 aromatic carbocycles. The minimum absolute atomic E-state index is 0.252. The summed E-state index contributed by atoms with van der Waals surface area (Å²) in [4.78, 5) is 4.76. The lowest BCUT2D eigenvalue weighted by atomic mass is 10.2. The van der Waals surface area contributed by atoms with Crippen molar-refractivity contribution >= 4 is 31.6 Å². The van der Waals surface area contributed by atoms with E-state index in [1.54, 1.807) is 18.3 Å². The molecule has 4 nitrogen and oxygen atoms in total. The summed E-state index contributed by atoms with van der Waals surface area (Å²) < 4.78 is 23.0. The van der Waals surface area contributed by atoms with Crippen LogP contribution in [0.4, 0.5) is 5.82 Å². The number of sulfone groups is 1. The smallest absolute Gasteiger partial charge is 0.179 e. The Kier molecular flexibility index (Phi) is 5.39. The summed E-state index contributed by atoms with van der Waals surface area (Å²) in [6.07, 6.45) is 4.75. The molecule has 1 aromatic heterocycles. The van der Waals surface area contributed by atoms with E-state index in [0.717, 1.165) is 12.8 Å². The molecule has 0 saturated heterocycles. The van der Waals surface area contributed by atoms with Crippen molar-refractivity contribution in [1.29, 1.82) is 0 Å². The monoisotopic (exact) mass is 320 g/mol. The van der Waals surface area contributed by atoms with Gasteiger partial charge in [-0.05, 0) is 25.0 Å². The standard InChI is InChI=1S/C11H17BrN2O2S/c1-3-9(12)6-8-14-11-10(17(2,15)16)5-4-7-13-11/h4-5,7,9H,3,6,8H2,1-2H3,(H,13,14). The molecule has 1 atom stereocenters. The van der Waals surface area contributed by atoms with Gasteiger partial charge in [-0.15, -0.1) is 0 Å². The van der Waals surface area contributed by atoms with E-state index in [9.17, 15) is 8.42 Å². The zero-order valence-electron chi connectivity index (χ0n) is 9.98. The third-order valence-corrected chi connectivity index (χ3v) is 4.60. The molecule has 0 aliphatic rings. The van der Waals surface area contributed by atoms with Crippen LogP contribution in [0.5, 0.6) is 0 Å². The molecule has 1 unspecified atom stereocenters. The van der Waals surface area contributed by atoms with Crippen molar-refractivity contribution < 1.29 is 8.42 Å². The van der Waals surface area contributed by atoms with E-state index < -0.39 is 9.84 Å². The summed E-state index contributed by atoms with van der Waals surface area (Å²) >= 11 is 3.53. The van der Waals surface area contributed by atoms with Crippen LogP contribution in [0.15, 0.2) is 23.2 Å². The van der Waals surface area contributed by atoms with Gasteiger partial charge < -0.3 is 5.32 Å². The zero-order chi connectivity index (χ0) is 12.9. The number of rotatable bonds is 6. The summed E-state index contributed by atoms with van der Waals surface area (Å²) in [6, 6.07) is 3.19. The lowest BCUT2D eigenvalue weighted by Gasteiger charge is -2.11. The van der Waals surface area contributed by atoms with E-state index in [0.29, 0.717) is 17.2 Å². The van der Waals surface area contributed by atoms with Crippen molar-refractivity contribution in [3.8, 4) is 0 Å². The maximum Gasteiger partial charge on any atom is 0.179 e. The average molecular weight is 321 g/mol. The molecule has 0 amide bonds. The first-order valence-corrected chi connectivity index (χ1v) is 8.29. The van der Waals surface area contributed by atoms with Gasteiger partial charge in [0.1, 0.15) is 10.7 Å². The Balaban J connectivity index is 2.72. The fourth-order valence-electron chi connectivity index (χ4n) is 1.37. The van der Waals surface area contributed by atoms with Gasteiger partial charge in [-0.2, -0.15) is 0 Å². The minimum atomic E-state index is -3.23. The average Bonchev–Trinajstić information content (AvgIpc) is 2.28. The van der Waals surface area contributed by atoms with Crippen molar-refractivity contribution in [2.24, 2.45) is 0 Å². The van der Waals surface area contributed by atoms with Crippen LogP contribution >= 0.6 is 15.9 Å². The van der Waals surface area contributed by atoms with Crippen molar-refractivity contribution in [3.05, 3.63) is 18.3 Å². The molecule has 1 heterocycles. The summed E-state index contributed by atoms with van der Waals surface area (Å²) in [5.41, 5.74) is 0. The molecule has 1 aromatic rings. The van der Waals surface area contributed by atoms with Crippen LogP contribution in [0.1, 0.15) is 19.8 Å². The number of hydrogen-bond donors (Lipinski definition) is 1. The van der Waals surface area contributed by atoms with E-state index in [1.807, 2.05) is 0 Å². The van der Waals surface area contributed by atoms with Gasteiger partial charge in [0.15, 0.2) is 9.84 Å². The molecule has 1 N–H and O–H groups in total. The third-order valence-electron chi connectivity index (χ3n) is 2.36. The zero-order valence-corrected chi connectivity index (χ0v) is 12.4. The SMILES string of the molecule is CCC(Br)CCNc1ncccc1S(C)(=O)=O. The van der Waals surface area contributed by atoms with Crippen molar-refractivity contribution in [1.82, 2.24) is 4.98 Å². The number of pyridine rings is 1. The van der Waals surface area contributed by atoms with Gasteiger partial charge in [-0.1, -0.05) is 22.9 Å². The number of aromatic nitrogens is 1. The Hall–Kier alpha value is -0.620. The highest BCUT2D eigenvalue weighted by Gasteiger charge is 2.13. The van der Waals surface area contributed by atoms with E-state index in [2.05, 4.69) is 33.2 Å². The van der Waals surface area contributed by atoms with Crippen molar-refractivity contribution in [2.75, 3.05) is 18.1 Å². The predicted molar refractivity (Wildman–Crippen MR) is 73.5 cm³/mol. The second-order valence-electron chi connectivity index (χ2n) is 3.84. The molecule has 0 aliphatic carbocycles. The van der Waals surface area contributed by atoms with Gasteiger partial charge in [0, 0.05) is 23.8 Å². The number of anilines is 1. The Morgan fingerprint density at radius 1 is 1.53 bits per heavy atom. The summed E-state index contributed by atoms with van der Waals surface area (Å²) in [5, 5.41) is 3.06. The molecule has 17 heavy (non-hydrogen) atoms. The van der Waals surface area contributed by atoms with E-state index in [1.165, 1.54) is 6.26 Å². The molecule has 0 aliphatic heterocycles. The number of nitrogens with zero attached hydrogens (tertiary/aromatic N) is 1. The van der Waals surface area contributed by atoms with Gasteiger partial charge in [-0.25, -0.2) is 13.4 Å². The van der Waals surface area contributed by atoms with E-state index in [-0.39, 0.29) is 4.90 Å². The fraction of sp³-hybridized carbons (Fsp3) is 0.545. The number of halogens is 1. The van der Waals surface area contributed by atoms with Gasteiger partial charge in [-0.3, -0.25) is 0 Å². The summed E-state index contributed by atoms with van der Waals surface area (Å²) in [6.45, 7) is 2.80. The van der Waals surface area contributed by atoms with Gasteiger partial charge in [0.05, 0.1) is 0 Å². The Bertz CT molecular complexity index is 462. The molecular formula is C11H17BrN2O2S. The molecule has 0 radical (unpaired) electrons. The van der Waals surface area contributed by atoms with E-state index in [4.69, 9.17) is 0 Å². The largest absolute Gasteiger partial charge is 0.369 e. The first-order chi connectivity index (χ1) is 7.95. The highest BCUT2D eigenvalue weighted by Crippen LogP contribution is 2.18. The summed E-state index contributed by atoms with van der Waals surface area (Å²) in [5.74, 6) is 0.436. The molecule has 0 bridgehead atoms. The number of alkyl halides is 1. The minimum Gasteiger partial charge on any atom is -0.369 e. The molecule has 0 spiro atoms. The molecule has 6 heteroatoms. The van der Waals surface area contributed by atoms with Gasteiger partial charge in [0.25, 0.3) is 0 Å². The van der Waals surface area contributed by atoms with Crippen molar-refractivity contribution in [2.45, 2.75) is 29.5 Å². The van der Waals surface area contributed by atoms with Gasteiger partial charge in [0.2, 0.25) is 0 Å². The topological polar surface area (TPSA) is 59.1 Å². The first-order valence-electron chi connectivity index (χ1n) is 5.48. The normalized spacial score (nSPS) is 13.4. The van der Waals surface area contributed by atoms with Crippen molar-refractivity contribution in [3.63, 3.8) is 0 Å². The molecular weight excluding hydrogens is 304 g/mol. The molecule has 96 valence electrons. The van der Waals surface area contributed by atoms with Crippen LogP contribution in [0.25, 0.3) is 0 Å². The first kappa shape index (κ1) is 14.4. The number of nitrogens with one attached hydrogen (secondary N) is 1. The third kappa shape index (κ3) is 4.63. The van der Waals surface area contributed by atoms with Crippen LogP contribution in [0.2, 0.25) is 0 Å². The van der Waals surface area contributed by atoms with Crippen LogP contribution in [-0.4, -0.2) is 31.0 Å². The highest BCUT2D eigenvalue weighted by atomic mass is 79.9. The molecule has 0 fully saturated rings. The predicted octanol–water partition coefficient (Wildman–Crippen LogP) is 2.46. The highest BCUT2D eigenvalue weighted by molar-refractivity contribution is 9.09. The lowest BCUT2D eigenvalue weighted by Crippen LogP contribution is -2.12. The lowest BCUT2D eigenvalue weighted by molar-refractivity contribution is 0.601. The second kappa shape index (κ2) is 6.35. The van der Waals surface area contributed by atoms with Crippen LogP contribution in [0, 0.1) is 0 Å². The Morgan fingerprint density at radius 3 is 2.82 bits per heavy atom. The van der Waals surface area contributed by atoms with Crippen LogP contribution in [-0.2, 0) is 9.84 Å². The second-order valence-corrected chi connectivity index (χ2v) is 7.12. The maximum absolute atomic E-state index is 11.5. The van der Waals surface area contributed by atoms with Crippen LogP contribution in [0.3, 0.4) is 0 Å². The quantitative estimate of drug-likeness (QED) is 0.818. The Labute approximate surface area is 111 Å².